The number of aliphatic hydroxyl groups is 1. The van der Waals surface area contributed by atoms with Gasteiger partial charge in [-0.3, -0.25) is 4.79 Å². The number of para-hydroxylation sites is 1. The van der Waals surface area contributed by atoms with E-state index in [2.05, 4.69) is 32.9 Å². The Kier molecular flexibility index (Phi) is 8.24. The van der Waals surface area contributed by atoms with Gasteiger partial charge in [-0.2, -0.15) is 0 Å². The number of allylic oxidation sites excluding steroid dienone is 3. The predicted molar refractivity (Wildman–Crippen MR) is 186 cm³/mol. The van der Waals surface area contributed by atoms with Crippen LogP contribution in [-0.2, 0) is 34.9 Å². The zero-order valence-corrected chi connectivity index (χ0v) is 30.2. The van der Waals surface area contributed by atoms with E-state index in [9.17, 15) is 24.3 Å². The first-order chi connectivity index (χ1) is 24.1. The number of ether oxygens (including phenoxy) is 3. The summed E-state index contributed by atoms with van der Waals surface area (Å²) in [6.07, 6.45) is 10.3. The van der Waals surface area contributed by atoms with Crippen LogP contribution in [0.4, 0.5) is 4.79 Å². The number of carbonyl (C=O) groups excluding carboxylic acids is 3. The van der Waals surface area contributed by atoms with E-state index < -0.39 is 57.8 Å². The van der Waals surface area contributed by atoms with Gasteiger partial charge in [0, 0.05) is 31.6 Å². The minimum absolute atomic E-state index is 0.0611. The van der Waals surface area contributed by atoms with Crippen LogP contribution in [0.3, 0.4) is 0 Å². The first-order valence-corrected chi connectivity index (χ1v) is 18.1. The van der Waals surface area contributed by atoms with Gasteiger partial charge >= 0.3 is 23.5 Å². The highest BCUT2D eigenvalue weighted by atomic mass is 16.7. The first kappa shape index (κ1) is 35.2. The Morgan fingerprint density at radius 3 is 2.41 bits per heavy atom. The molecule has 0 saturated heterocycles. The van der Waals surface area contributed by atoms with Crippen molar-refractivity contribution in [2.45, 2.75) is 108 Å². The zero-order valence-electron chi connectivity index (χ0n) is 30.2. The third-order valence-electron chi connectivity index (χ3n) is 13.8. The van der Waals surface area contributed by atoms with Gasteiger partial charge in [-0.15, -0.1) is 0 Å². The molecule has 12 nitrogen and oxygen atoms in total. The Morgan fingerprint density at radius 1 is 1.04 bits per heavy atom. The predicted octanol–water partition coefficient (Wildman–Crippen LogP) is 4.63. The average molecular weight is 704 g/mol. The van der Waals surface area contributed by atoms with Crippen LogP contribution in [-0.4, -0.2) is 62.4 Å². The maximum atomic E-state index is 15.0. The number of aromatic nitrogens is 3. The molecule has 2 bridgehead atoms. The molecule has 12 heteroatoms. The highest BCUT2D eigenvalue weighted by Gasteiger charge is 2.78. The second-order valence-corrected chi connectivity index (χ2v) is 16.3. The van der Waals surface area contributed by atoms with Crippen LogP contribution in [0.15, 0.2) is 64.2 Å². The topological polar surface area (TPSA) is 148 Å². The van der Waals surface area contributed by atoms with Crippen molar-refractivity contribution in [2.24, 2.45) is 34.5 Å². The van der Waals surface area contributed by atoms with Gasteiger partial charge in [-0.1, -0.05) is 63.3 Å². The van der Waals surface area contributed by atoms with E-state index in [0.29, 0.717) is 18.4 Å². The van der Waals surface area contributed by atoms with Crippen LogP contribution in [0.25, 0.3) is 5.69 Å². The molecule has 0 unspecified atom stereocenters. The average Bonchev–Trinajstić information content (AvgIpc) is 3.59. The molecular weight excluding hydrogens is 654 g/mol. The number of hydrogen-bond acceptors (Lipinski definition) is 9. The molecule has 0 radical (unpaired) electrons. The van der Waals surface area contributed by atoms with E-state index in [1.165, 1.54) is 25.5 Å². The molecule has 2 aromatic rings. The Hall–Kier alpha value is -4.19. The van der Waals surface area contributed by atoms with Crippen molar-refractivity contribution < 1.29 is 33.7 Å². The lowest BCUT2D eigenvalue weighted by atomic mass is 9.39. The molecule has 51 heavy (non-hydrogen) atoms. The van der Waals surface area contributed by atoms with Crippen molar-refractivity contribution in [1.82, 2.24) is 13.9 Å². The summed E-state index contributed by atoms with van der Waals surface area (Å²) in [6.45, 7) is 9.38. The van der Waals surface area contributed by atoms with Crippen LogP contribution in [0.2, 0.25) is 0 Å². The summed E-state index contributed by atoms with van der Waals surface area (Å²) in [4.78, 5) is 66.6. The Bertz CT molecular complexity index is 1920. The summed E-state index contributed by atoms with van der Waals surface area (Å²) >= 11 is 0. The van der Waals surface area contributed by atoms with Crippen LogP contribution in [0.1, 0.15) is 79.6 Å². The monoisotopic (exact) mass is 703 g/mol. The van der Waals surface area contributed by atoms with Gasteiger partial charge in [0.2, 0.25) is 0 Å². The van der Waals surface area contributed by atoms with Crippen LogP contribution in [0, 0.1) is 34.5 Å². The van der Waals surface area contributed by atoms with Crippen molar-refractivity contribution in [3.05, 3.63) is 75.6 Å². The fraction of sp³-hybridized carbons (Fsp3) is 0.615. The van der Waals surface area contributed by atoms with E-state index in [4.69, 9.17) is 14.2 Å². The minimum Gasteiger partial charge on any atom is -0.462 e. The molecule has 2 spiro atoms. The third-order valence-corrected chi connectivity index (χ3v) is 13.8. The van der Waals surface area contributed by atoms with Crippen LogP contribution < -0.4 is 11.4 Å². The summed E-state index contributed by atoms with van der Waals surface area (Å²) in [5, 5.41) is 10.3. The van der Waals surface area contributed by atoms with Gasteiger partial charge in [-0.25, -0.2) is 28.3 Å². The summed E-state index contributed by atoms with van der Waals surface area (Å²) in [7, 11) is 1.25. The second kappa shape index (κ2) is 11.9. The van der Waals surface area contributed by atoms with E-state index in [0.717, 1.165) is 19.3 Å². The maximum Gasteiger partial charge on any atom is 0.508 e. The van der Waals surface area contributed by atoms with Gasteiger partial charge in [0.15, 0.2) is 6.29 Å². The highest BCUT2D eigenvalue weighted by molar-refractivity contribution is 5.66. The van der Waals surface area contributed by atoms with E-state index >= 15 is 4.79 Å². The van der Waals surface area contributed by atoms with Gasteiger partial charge in [-0.05, 0) is 73.8 Å². The summed E-state index contributed by atoms with van der Waals surface area (Å²) in [6, 6.07) is 8.90. The molecule has 1 aromatic heterocycles. The highest BCUT2D eigenvalue weighted by Crippen LogP contribution is 2.74. The molecule has 0 amide bonds. The molecule has 1 N–H and O–H groups in total. The molecule has 2 aliphatic heterocycles. The fourth-order valence-corrected chi connectivity index (χ4v) is 11.7. The summed E-state index contributed by atoms with van der Waals surface area (Å²) < 4.78 is 21.5. The van der Waals surface area contributed by atoms with Crippen molar-refractivity contribution in [1.29, 1.82) is 0 Å². The lowest BCUT2D eigenvalue weighted by Gasteiger charge is -2.72. The molecule has 274 valence electrons. The molecule has 3 heterocycles. The minimum atomic E-state index is -1.43. The number of hydrogen-bond donors (Lipinski definition) is 1. The van der Waals surface area contributed by atoms with E-state index in [1.54, 1.807) is 33.6 Å². The van der Waals surface area contributed by atoms with Crippen LogP contribution in [0.5, 0.6) is 0 Å². The number of rotatable bonds is 8. The van der Waals surface area contributed by atoms with Crippen molar-refractivity contribution in [2.75, 3.05) is 7.11 Å². The number of benzene rings is 1. The van der Waals surface area contributed by atoms with Gasteiger partial charge < -0.3 is 24.1 Å². The molecule has 6 aliphatic rings. The number of esters is 1. The van der Waals surface area contributed by atoms with E-state index in [-0.39, 0.29) is 48.3 Å². The number of carbonyl (C=O) groups is 3. The third kappa shape index (κ3) is 4.77. The molecule has 3 saturated carbocycles. The van der Waals surface area contributed by atoms with Gasteiger partial charge in [0.25, 0.3) is 0 Å². The fourth-order valence-electron chi connectivity index (χ4n) is 11.7. The Balaban J connectivity index is 1.45. The number of nitrogens with zero attached hydrogens (tertiary/aromatic N) is 3. The molecule has 3 fully saturated rings. The van der Waals surface area contributed by atoms with Gasteiger partial charge in [0.1, 0.15) is 17.8 Å². The molecule has 1 aromatic carbocycles. The summed E-state index contributed by atoms with van der Waals surface area (Å²) in [5.74, 6) is -0.439. The number of methoxy groups -OCH3 is 1. The molecule has 4 aliphatic carbocycles. The van der Waals surface area contributed by atoms with Crippen molar-refractivity contribution in [3.8, 4) is 5.69 Å². The number of fused-ring (bicyclic) bond motifs is 1. The smallest absolute Gasteiger partial charge is 0.462 e. The zero-order chi connectivity index (χ0) is 36.7. The lowest BCUT2D eigenvalue weighted by Crippen LogP contribution is -2.79. The number of aldehydes is 1. The Morgan fingerprint density at radius 2 is 1.75 bits per heavy atom. The molecular formula is C39H49N3O9. The molecule has 11 atom stereocenters. The van der Waals surface area contributed by atoms with Crippen LogP contribution >= 0.6 is 0 Å². The normalized spacial score (nSPS) is 37.7. The van der Waals surface area contributed by atoms with Gasteiger partial charge in [0.05, 0.1) is 23.9 Å². The first-order valence-electron chi connectivity index (χ1n) is 18.1. The Labute approximate surface area is 297 Å². The van der Waals surface area contributed by atoms with Crippen molar-refractivity contribution >= 4 is 18.4 Å². The second-order valence-electron chi connectivity index (χ2n) is 16.3. The quantitative estimate of drug-likeness (QED) is 0.236. The van der Waals surface area contributed by atoms with E-state index in [1.807, 2.05) is 18.2 Å². The summed E-state index contributed by atoms with van der Waals surface area (Å²) in [5.41, 5.74) is -5.17. The largest absolute Gasteiger partial charge is 0.508 e. The SMILES string of the molecule is COC(=O)O[C@H]1C[C@H](OC(C)=O)C[C@]23C=C[C@@]4([C@@H]5CC[C@H]([C@H](C)/C=C/C[C@@](C)(O)C=O)[C@@]5(C)CC[C@@H]4[C@@]12C)n1c(=O)n(-c2ccccc2)c(=O)n13. The maximum absolute atomic E-state index is 15.0. The lowest BCUT2D eigenvalue weighted by molar-refractivity contribution is -0.242. The van der Waals surface area contributed by atoms with Crippen molar-refractivity contribution in [3.63, 3.8) is 0 Å². The standard InChI is InChI=1S/C39H49N3O9/c1-24(11-10-17-35(3,48)23-43)28-14-15-29-36(28,4)18-16-30-37(5)31(51-34(47)49-6)21-27(50-25(2)44)22-38(37)19-20-39(29,30)42-33(46)40(32(45)41(38)42)26-12-8-7-9-13-26/h7-13,19-20,23-24,27-31,48H,14-18,21-22H2,1-6H3/b11-10+/t24-,27+,28-,29-,30-,31+,35-,36-,37+,38-,39+/m1/s1. The molecule has 8 rings (SSSR count).